The number of ketones is 1. The Morgan fingerprint density at radius 2 is 2.00 bits per heavy atom. The zero-order chi connectivity index (χ0) is 22.8. The summed E-state index contributed by atoms with van der Waals surface area (Å²) in [6.45, 7) is 7.33. The standard InChI is InChI=1S/C24H31F3O3S/c1-13(2)30-20-11-22(3)15(5-6-16(22)21(29)31-12-25)17-10-19(26)18-9-14(28)7-8-23(18,4)24(17,20)27/h7-9,13,15-17,19-20H,5-6,10-12H2,1-4H3/t15-,16+,17-,19-,20-,22-,23-,24-/m0/s1. The summed E-state index contributed by atoms with van der Waals surface area (Å²) in [7, 11) is 0. The molecule has 0 bridgehead atoms. The van der Waals surface area contributed by atoms with Crippen LogP contribution in [0.15, 0.2) is 23.8 Å². The van der Waals surface area contributed by atoms with E-state index in [-0.39, 0.29) is 34.9 Å². The first-order chi connectivity index (χ1) is 14.5. The number of allylic oxidation sites excluding steroid dienone is 4. The minimum absolute atomic E-state index is 0.0333. The second-order valence-electron chi connectivity index (χ2n) is 10.3. The third-order valence-electron chi connectivity index (χ3n) is 8.52. The fourth-order valence-electron chi connectivity index (χ4n) is 7.18. The maximum atomic E-state index is 17.5. The molecule has 4 rings (SSSR count). The molecule has 0 saturated heterocycles. The average Bonchev–Trinajstić information content (AvgIpc) is 3.02. The molecule has 0 amide bonds. The lowest BCUT2D eigenvalue weighted by Gasteiger charge is -2.63. The van der Waals surface area contributed by atoms with Crippen molar-refractivity contribution in [2.75, 3.05) is 6.01 Å². The van der Waals surface area contributed by atoms with Gasteiger partial charge >= 0.3 is 0 Å². The molecule has 0 heterocycles. The van der Waals surface area contributed by atoms with E-state index in [0.29, 0.717) is 31.0 Å². The van der Waals surface area contributed by atoms with Gasteiger partial charge in [-0.15, -0.1) is 0 Å². The van der Waals surface area contributed by atoms with Crippen LogP contribution in [-0.2, 0) is 14.3 Å². The van der Waals surface area contributed by atoms with Gasteiger partial charge in [-0.1, -0.05) is 24.8 Å². The van der Waals surface area contributed by atoms with E-state index in [2.05, 4.69) is 0 Å². The molecule has 4 aliphatic rings. The van der Waals surface area contributed by atoms with Crippen molar-refractivity contribution in [2.45, 2.75) is 77.4 Å². The summed E-state index contributed by atoms with van der Waals surface area (Å²) in [5, 5.41) is -0.204. The molecule has 0 unspecified atom stereocenters. The van der Waals surface area contributed by atoms with Crippen LogP contribution in [0.25, 0.3) is 0 Å². The van der Waals surface area contributed by atoms with Crippen molar-refractivity contribution >= 4 is 22.7 Å². The van der Waals surface area contributed by atoms with Crippen molar-refractivity contribution < 1.29 is 27.5 Å². The highest BCUT2D eigenvalue weighted by molar-refractivity contribution is 8.13. The molecule has 8 atom stereocenters. The van der Waals surface area contributed by atoms with Crippen LogP contribution in [0.5, 0.6) is 0 Å². The SMILES string of the molecule is CC(C)O[C@H]1C[C@]2(C)[C@@H](C(=O)SCF)CC[C@H]2[C@@H]2C[C@H](F)C3=CC(=O)C=C[C@]3(C)[C@@]12F. The third-order valence-corrected chi connectivity index (χ3v) is 9.20. The Kier molecular flexibility index (Phi) is 5.78. The zero-order valence-electron chi connectivity index (χ0n) is 18.5. The summed E-state index contributed by atoms with van der Waals surface area (Å²) in [5.41, 5.74) is -3.58. The summed E-state index contributed by atoms with van der Waals surface area (Å²) in [6.07, 6.45) is 3.00. The van der Waals surface area contributed by atoms with Crippen LogP contribution in [0.2, 0.25) is 0 Å². The predicted octanol–water partition coefficient (Wildman–Crippen LogP) is 5.54. The number of fused-ring (bicyclic) bond motifs is 5. The first kappa shape index (κ1) is 23.1. The Morgan fingerprint density at radius 1 is 1.29 bits per heavy atom. The largest absolute Gasteiger partial charge is 0.372 e. The van der Waals surface area contributed by atoms with E-state index in [9.17, 15) is 14.0 Å². The van der Waals surface area contributed by atoms with Gasteiger partial charge in [0.15, 0.2) is 16.6 Å². The summed E-state index contributed by atoms with van der Waals surface area (Å²) in [4.78, 5) is 24.7. The molecule has 4 aliphatic carbocycles. The highest BCUT2D eigenvalue weighted by Crippen LogP contribution is 2.70. The number of thioether (sulfide) groups is 1. The number of ether oxygens (including phenoxy) is 1. The van der Waals surface area contributed by atoms with Gasteiger partial charge in [0.05, 0.1) is 12.2 Å². The van der Waals surface area contributed by atoms with Crippen molar-refractivity contribution in [3.05, 3.63) is 23.8 Å². The number of rotatable bonds is 4. The number of carbonyl (C=O) groups excluding carboxylic acids is 2. The Balaban J connectivity index is 1.83. The molecule has 3 saturated carbocycles. The van der Waals surface area contributed by atoms with Crippen molar-refractivity contribution in [3.63, 3.8) is 0 Å². The second kappa shape index (κ2) is 7.75. The molecule has 0 aromatic carbocycles. The minimum atomic E-state index is -1.90. The van der Waals surface area contributed by atoms with Crippen molar-refractivity contribution in [3.8, 4) is 0 Å². The second-order valence-corrected chi connectivity index (χ2v) is 11.2. The van der Waals surface area contributed by atoms with Gasteiger partial charge in [-0.25, -0.2) is 13.2 Å². The number of halogens is 3. The summed E-state index contributed by atoms with van der Waals surface area (Å²) >= 11 is 0.673. The van der Waals surface area contributed by atoms with E-state index in [1.54, 1.807) is 6.92 Å². The van der Waals surface area contributed by atoms with Crippen molar-refractivity contribution in [1.82, 2.24) is 0 Å². The lowest BCUT2D eigenvalue weighted by atomic mass is 9.45. The van der Waals surface area contributed by atoms with E-state index in [1.165, 1.54) is 18.2 Å². The molecule has 3 nitrogen and oxygen atoms in total. The fraction of sp³-hybridized carbons (Fsp3) is 0.750. The van der Waals surface area contributed by atoms with Gasteiger partial charge in [-0.3, -0.25) is 9.59 Å². The van der Waals surface area contributed by atoms with Gasteiger partial charge in [-0.2, -0.15) is 0 Å². The summed E-state index contributed by atoms with van der Waals surface area (Å²) in [5.74, 6) is -1.58. The third kappa shape index (κ3) is 3.20. The maximum Gasteiger partial charge on any atom is 0.195 e. The summed E-state index contributed by atoms with van der Waals surface area (Å²) in [6, 6.07) is -0.782. The predicted molar refractivity (Wildman–Crippen MR) is 115 cm³/mol. The van der Waals surface area contributed by atoms with E-state index < -0.39 is 46.6 Å². The Morgan fingerprint density at radius 3 is 2.65 bits per heavy atom. The van der Waals surface area contributed by atoms with E-state index in [0.717, 1.165) is 0 Å². The van der Waals surface area contributed by atoms with Gasteiger partial charge < -0.3 is 4.74 Å². The van der Waals surface area contributed by atoms with E-state index >= 15 is 8.78 Å². The minimum Gasteiger partial charge on any atom is -0.372 e. The average molecular weight is 457 g/mol. The highest BCUT2D eigenvalue weighted by Gasteiger charge is 2.72. The van der Waals surface area contributed by atoms with Crippen LogP contribution in [0.3, 0.4) is 0 Å². The number of hydrogen-bond acceptors (Lipinski definition) is 4. The van der Waals surface area contributed by atoms with Gasteiger partial charge in [0.25, 0.3) is 0 Å². The molecule has 0 N–H and O–H groups in total. The molecular formula is C24H31F3O3S. The van der Waals surface area contributed by atoms with Gasteiger partial charge in [-0.05, 0) is 75.5 Å². The number of hydrogen-bond donors (Lipinski definition) is 0. The highest BCUT2D eigenvalue weighted by atomic mass is 32.2. The van der Waals surface area contributed by atoms with Crippen molar-refractivity contribution in [1.29, 1.82) is 0 Å². The molecule has 0 aromatic rings. The molecular weight excluding hydrogens is 425 g/mol. The molecule has 0 aromatic heterocycles. The van der Waals surface area contributed by atoms with Crippen LogP contribution in [0.1, 0.15) is 53.4 Å². The molecule has 31 heavy (non-hydrogen) atoms. The van der Waals surface area contributed by atoms with Gasteiger partial charge in [0.2, 0.25) is 0 Å². The van der Waals surface area contributed by atoms with Crippen LogP contribution < -0.4 is 0 Å². The monoisotopic (exact) mass is 456 g/mol. The zero-order valence-corrected chi connectivity index (χ0v) is 19.3. The molecule has 172 valence electrons. The maximum absolute atomic E-state index is 17.5. The molecule has 0 aliphatic heterocycles. The molecule has 0 spiro atoms. The molecule has 0 radical (unpaired) electrons. The van der Waals surface area contributed by atoms with Gasteiger partial charge in [0, 0.05) is 17.3 Å². The van der Waals surface area contributed by atoms with Gasteiger partial charge in [0.1, 0.15) is 12.2 Å². The first-order valence-electron chi connectivity index (χ1n) is 11.1. The molecule has 7 heteroatoms. The smallest absolute Gasteiger partial charge is 0.195 e. The topological polar surface area (TPSA) is 43.4 Å². The van der Waals surface area contributed by atoms with Crippen molar-refractivity contribution in [2.24, 2.45) is 28.6 Å². The van der Waals surface area contributed by atoms with Crippen LogP contribution in [-0.4, -0.2) is 41.0 Å². The van der Waals surface area contributed by atoms with Crippen LogP contribution in [0.4, 0.5) is 13.2 Å². The Labute approximate surface area is 186 Å². The summed E-state index contributed by atoms with van der Waals surface area (Å²) < 4.78 is 52.0. The van der Waals surface area contributed by atoms with E-state index in [1.807, 2.05) is 20.8 Å². The fourth-order valence-corrected chi connectivity index (χ4v) is 7.88. The first-order valence-corrected chi connectivity index (χ1v) is 12.1. The van der Waals surface area contributed by atoms with Crippen LogP contribution in [0, 0.1) is 28.6 Å². The normalized spacial score (nSPS) is 46.4. The quantitative estimate of drug-likeness (QED) is 0.557. The van der Waals surface area contributed by atoms with Crippen LogP contribution >= 0.6 is 11.8 Å². The lowest BCUT2D eigenvalue weighted by molar-refractivity contribution is -0.225. The number of carbonyl (C=O) groups is 2. The number of alkyl halides is 3. The van der Waals surface area contributed by atoms with E-state index in [4.69, 9.17) is 4.74 Å². The Bertz CT molecular complexity index is 842. The Hall–Kier alpha value is -1.08. The molecule has 3 fully saturated rings. The lowest BCUT2D eigenvalue weighted by Crippen LogP contribution is -2.69.